The van der Waals surface area contributed by atoms with Gasteiger partial charge in [-0.3, -0.25) is 4.79 Å². The molecular formula is C22H26N6O. The van der Waals surface area contributed by atoms with Crippen LogP contribution in [-0.4, -0.2) is 32.0 Å². The van der Waals surface area contributed by atoms with E-state index in [4.69, 9.17) is 4.98 Å². The maximum absolute atomic E-state index is 13.1. The summed E-state index contributed by atoms with van der Waals surface area (Å²) in [6, 6.07) is 9.82. The molecule has 150 valence electrons. The summed E-state index contributed by atoms with van der Waals surface area (Å²) in [7, 11) is 0. The molecule has 2 aromatic heterocycles. The van der Waals surface area contributed by atoms with E-state index < -0.39 is 5.41 Å². The zero-order valence-electron chi connectivity index (χ0n) is 16.6. The van der Waals surface area contributed by atoms with E-state index in [1.807, 2.05) is 54.2 Å². The number of imidazole rings is 1. The van der Waals surface area contributed by atoms with Crippen LogP contribution in [-0.2, 0) is 23.2 Å². The SMILES string of the molecule is CC1(C(=O)NCCCn2ccnc2)CCCc2cnc(Nc3ccccc3)nc21. The summed E-state index contributed by atoms with van der Waals surface area (Å²) in [5.41, 5.74) is 2.18. The van der Waals surface area contributed by atoms with Gasteiger partial charge in [0.05, 0.1) is 17.4 Å². The molecule has 0 saturated carbocycles. The highest BCUT2D eigenvalue weighted by Crippen LogP contribution is 2.36. The second-order valence-electron chi connectivity index (χ2n) is 7.65. The van der Waals surface area contributed by atoms with Gasteiger partial charge in [0, 0.05) is 37.4 Å². The molecule has 1 aliphatic rings. The quantitative estimate of drug-likeness (QED) is 0.605. The number of nitrogens with zero attached hydrogens (tertiary/aromatic N) is 4. The third-order valence-corrected chi connectivity index (χ3v) is 5.48. The van der Waals surface area contributed by atoms with Gasteiger partial charge in [-0.25, -0.2) is 15.0 Å². The van der Waals surface area contributed by atoms with E-state index in [2.05, 4.69) is 20.6 Å². The minimum Gasteiger partial charge on any atom is -0.355 e. The molecule has 1 atom stereocenters. The zero-order valence-corrected chi connectivity index (χ0v) is 16.6. The largest absolute Gasteiger partial charge is 0.355 e. The molecule has 0 aliphatic heterocycles. The van der Waals surface area contributed by atoms with E-state index in [0.717, 1.165) is 49.2 Å². The fourth-order valence-corrected chi connectivity index (χ4v) is 3.83. The van der Waals surface area contributed by atoms with E-state index in [1.54, 1.807) is 12.5 Å². The number of benzene rings is 1. The number of carbonyl (C=O) groups excluding carboxylic acids is 1. The lowest BCUT2D eigenvalue weighted by Gasteiger charge is -2.33. The lowest BCUT2D eigenvalue weighted by Crippen LogP contribution is -2.45. The standard InChI is InChI=1S/C22H26N6O/c1-22(20(29)24-11-6-13-28-14-12-23-16-28)10-5-7-17-15-25-21(27-19(17)22)26-18-8-3-2-4-9-18/h2-4,8-9,12,14-16H,5-7,10-11,13H2,1H3,(H,24,29)(H,25,26,27). The maximum Gasteiger partial charge on any atom is 0.231 e. The molecule has 1 unspecified atom stereocenters. The molecular weight excluding hydrogens is 364 g/mol. The first-order valence-corrected chi connectivity index (χ1v) is 10.1. The van der Waals surface area contributed by atoms with Crippen LogP contribution in [0.1, 0.15) is 37.4 Å². The van der Waals surface area contributed by atoms with Crippen LogP contribution in [0, 0.1) is 0 Å². The molecule has 7 nitrogen and oxygen atoms in total. The van der Waals surface area contributed by atoms with Gasteiger partial charge in [0.15, 0.2) is 0 Å². The van der Waals surface area contributed by atoms with Crippen LogP contribution in [0.3, 0.4) is 0 Å². The molecule has 7 heteroatoms. The highest BCUT2D eigenvalue weighted by atomic mass is 16.2. The molecule has 0 fully saturated rings. The number of para-hydroxylation sites is 1. The van der Waals surface area contributed by atoms with Gasteiger partial charge in [0.25, 0.3) is 0 Å². The number of anilines is 2. The predicted molar refractivity (Wildman–Crippen MR) is 112 cm³/mol. The number of aryl methyl sites for hydroxylation is 2. The molecule has 0 radical (unpaired) electrons. The summed E-state index contributed by atoms with van der Waals surface area (Å²) < 4.78 is 2.01. The van der Waals surface area contributed by atoms with Crippen molar-refractivity contribution < 1.29 is 4.79 Å². The Kier molecular flexibility index (Phi) is 5.55. The number of carbonyl (C=O) groups is 1. The molecule has 0 spiro atoms. The Bertz CT molecular complexity index is 957. The Labute approximate surface area is 170 Å². The van der Waals surface area contributed by atoms with Gasteiger partial charge < -0.3 is 15.2 Å². The summed E-state index contributed by atoms with van der Waals surface area (Å²) in [6.07, 6.45) is 10.9. The van der Waals surface area contributed by atoms with Crippen molar-refractivity contribution in [3.05, 3.63) is 66.5 Å². The third-order valence-electron chi connectivity index (χ3n) is 5.48. The normalized spacial score (nSPS) is 18.1. The molecule has 0 saturated heterocycles. The number of fused-ring (bicyclic) bond motifs is 1. The zero-order chi connectivity index (χ0) is 20.1. The summed E-state index contributed by atoms with van der Waals surface area (Å²) in [6.45, 7) is 3.46. The average molecular weight is 390 g/mol. The monoisotopic (exact) mass is 390 g/mol. The van der Waals surface area contributed by atoms with E-state index in [9.17, 15) is 4.79 Å². The van der Waals surface area contributed by atoms with E-state index in [1.165, 1.54) is 0 Å². The number of hydrogen-bond donors (Lipinski definition) is 2. The maximum atomic E-state index is 13.1. The fourth-order valence-electron chi connectivity index (χ4n) is 3.83. The minimum absolute atomic E-state index is 0.0356. The highest BCUT2D eigenvalue weighted by Gasteiger charge is 2.40. The van der Waals surface area contributed by atoms with Crippen molar-refractivity contribution in [1.82, 2.24) is 24.8 Å². The van der Waals surface area contributed by atoms with Crippen LogP contribution in [0.15, 0.2) is 55.2 Å². The van der Waals surface area contributed by atoms with Crippen LogP contribution < -0.4 is 10.6 Å². The van der Waals surface area contributed by atoms with Crippen molar-refractivity contribution in [2.45, 2.75) is 44.6 Å². The second kappa shape index (κ2) is 8.43. The Hall–Kier alpha value is -3.22. The first kappa shape index (κ1) is 19.1. The van der Waals surface area contributed by atoms with Gasteiger partial charge in [-0.2, -0.15) is 0 Å². The lowest BCUT2D eigenvalue weighted by atomic mass is 9.74. The Morgan fingerprint density at radius 3 is 2.93 bits per heavy atom. The van der Waals surface area contributed by atoms with Crippen molar-refractivity contribution in [2.24, 2.45) is 0 Å². The van der Waals surface area contributed by atoms with Gasteiger partial charge >= 0.3 is 0 Å². The van der Waals surface area contributed by atoms with Crippen molar-refractivity contribution in [3.63, 3.8) is 0 Å². The molecule has 4 rings (SSSR count). The van der Waals surface area contributed by atoms with Crippen molar-refractivity contribution in [2.75, 3.05) is 11.9 Å². The number of amides is 1. The Balaban J connectivity index is 1.46. The molecule has 1 amide bonds. The van der Waals surface area contributed by atoms with Crippen LogP contribution in [0.5, 0.6) is 0 Å². The summed E-state index contributed by atoms with van der Waals surface area (Å²) in [5.74, 6) is 0.560. The topological polar surface area (TPSA) is 84.7 Å². The highest BCUT2D eigenvalue weighted by molar-refractivity contribution is 5.88. The first-order valence-electron chi connectivity index (χ1n) is 10.1. The third kappa shape index (κ3) is 4.29. The molecule has 3 aromatic rings. The number of rotatable bonds is 7. The molecule has 1 aliphatic carbocycles. The number of hydrogen-bond acceptors (Lipinski definition) is 5. The second-order valence-corrected chi connectivity index (χ2v) is 7.65. The van der Waals surface area contributed by atoms with Crippen molar-refractivity contribution >= 4 is 17.5 Å². The van der Waals surface area contributed by atoms with Crippen LogP contribution in [0.25, 0.3) is 0 Å². The van der Waals surface area contributed by atoms with E-state index >= 15 is 0 Å². The minimum atomic E-state index is -0.640. The molecule has 2 N–H and O–H groups in total. The first-order chi connectivity index (χ1) is 14.1. The fraction of sp³-hybridized carbons (Fsp3) is 0.364. The summed E-state index contributed by atoms with van der Waals surface area (Å²) >= 11 is 0. The van der Waals surface area contributed by atoms with Gasteiger partial charge in [-0.15, -0.1) is 0 Å². The van der Waals surface area contributed by atoms with Crippen LogP contribution >= 0.6 is 0 Å². The number of aromatic nitrogens is 4. The Morgan fingerprint density at radius 1 is 1.28 bits per heavy atom. The van der Waals surface area contributed by atoms with Gasteiger partial charge in [-0.05, 0) is 50.3 Å². The molecule has 0 bridgehead atoms. The van der Waals surface area contributed by atoms with Crippen LogP contribution in [0.4, 0.5) is 11.6 Å². The van der Waals surface area contributed by atoms with Crippen LogP contribution in [0.2, 0.25) is 0 Å². The van der Waals surface area contributed by atoms with Crippen molar-refractivity contribution in [1.29, 1.82) is 0 Å². The summed E-state index contributed by atoms with van der Waals surface area (Å²) in [4.78, 5) is 26.4. The van der Waals surface area contributed by atoms with Gasteiger partial charge in [0.2, 0.25) is 11.9 Å². The molecule has 1 aromatic carbocycles. The average Bonchev–Trinajstić information content (AvgIpc) is 3.26. The summed E-state index contributed by atoms with van der Waals surface area (Å²) in [5, 5.41) is 6.35. The van der Waals surface area contributed by atoms with Gasteiger partial charge in [-0.1, -0.05) is 18.2 Å². The molecule has 2 heterocycles. The van der Waals surface area contributed by atoms with Gasteiger partial charge in [0.1, 0.15) is 0 Å². The number of nitrogens with one attached hydrogen (secondary N) is 2. The predicted octanol–water partition coefficient (Wildman–Crippen LogP) is 3.22. The molecule has 29 heavy (non-hydrogen) atoms. The Morgan fingerprint density at radius 2 is 2.14 bits per heavy atom. The van der Waals surface area contributed by atoms with Crippen molar-refractivity contribution in [3.8, 4) is 0 Å². The van der Waals surface area contributed by atoms with E-state index in [0.29, 0.717) is 12.5 Å². The lowest BCUT2D eigenvalue weighted by molar-refractivity contribution is -0.126. The smallest absolute Gasteiger partial charge is 0.231 e. The van der Waals surface area contributed by atoms with E-state index in [-0.39, 0.29) is 5.91 Å².